The van der Waals surface area contributed by atoms with Crippen LogP contribution in [0.5, 0.6) is 0 Å². The molecule has 10 aliphatic rings. The number of para-hydroxylation sites is 2. The van der Waals surface area contributed by atoms with Crippen molar-refractivity contribution < 1.29 is 0 Å². The van der Waals surface area contributed by atoms with Gasteiger partial charge in [0.1, 0.15) is 0 Å². The van der Waals surface area contributed by atoms with Gasteiger partial charge >= 0.3 is 0 Å². The summed E-state index contributed by atoms with van der Waals surface area (Å²) in [7, 11) is 0. The van der Waals surface area contributed by atoms with Gasteiger partial charge in [0, 0.05) is 44.4 Å². The van der Waals surface area contributed by atoms with E-state index < -0.39 is 0 Å². The van der Waals surface area contributed by atoms with E-state index in [1.54, 1.807) is 22.3 Å². The van der Waals surface area contributed by atoms with E-state index >= 15 is 0 Å². The van der Waals surface area contributed by atoms with Crippen molar-refractivity contribution in [3.8, 4) is 27.9 Å². The molecule has 0 saturated heterocycles. The van der Waals surface area contributed by atoms with Gasteiger partial charge in [-0.15, -0.1) is 0 Å². The number of anilines is 3. The molecule has 1 heterocycles. The average Bonchev–Trinajstić information content (AvgIpc) is 3.92. The van der Waals surface area contributed by atoms with Gasteiger partial charge in [0.05, 0.1) is 11.0 Å². The van der Waals surface area contributed by atoms with E-state index in [0.29, 0.717) is 0 Å². The van der Waals surface area contributed by atoms with Gasteiger partial charge in [-0.2, -0.15) is 0 Å². The van der Waals surface area contributed by atoms with Crippen molar-refractivity contribution in [2.24, 2.45) is 47.3 Å². The molecule has 0 N–H and O–H groups in total. The Bertz CT molecular complexity index is 3080. The van der Waals surface area contributed by atoms with E-state index in [4.69, 9.17) is 0 Å². The summed E-state index contributed by atoms with van der Waals surface area (Å²) in [5, 5.41) is 2.61. The summed E-state index contributed by atoms with van der Waals surface area (Å²) >= 11 is 0. The molecule has 2 nitrogen and oxygen atoms in total. The third-order valence-corrected chi connectivity index (χ3v) is 19.5. The highest BCUT2D eigenvalue weighted by atomic mass is 15.1. The lowest BCUT2D eigenvalue weighted by atomic mass is 9.43. The summed E-state index contributed by atoms with van der Waals surface area (Å²) in [5.74, 6) is 6.58. The van der Waals surface area contributed by atoms with Gasteiger partial charge < -0.3 is 9.47 Å². The highest BCUT2D eigenvalue weighted by Gasteiger charge is 2.63. The van der Waals surface area contributed by atoms with Gasteiger partial charge in [-0.25, -0.2) is 0 Å². The van der Waals surface area contributed by atoms with Gasteiger partial charge in [-0.05, 0) is 217 Å². The molecule has 2 spiro atoms. The van der Waals surface area contributed by atoms with Crippen LogP contribution in [0.15, 0.2) is 158 Å². The van der Waals surface area contributed by atoms with Crippen molar-refractivity contribution in [3.05, 3.63) is 180 Å². The van der Waals surface area contributed by atoms with Crippen molar-refractivity contribution in [1.82, 2.24) is 4.57 Å². The molecule has 1 aromatic heterocycles. The first kappa shape index (κ1) is 35.5. The number of benzene rings is 7. The monoisotopic (exact) mass is 826 g/mol. The molecule has 64 heavy (non-hydrogen) atoms. The standard InChI is InChI=1S/C62H54N2/c1-2-10-45(11-3-1)64-59-17-9-6-14-53(59)54-34-46(20-23-60(54)64)63(47-18-21-51-49-12-4-7-15-55(49)61(57(51)35-47)41-26-37-24-38(28-41)29-42(61)27-37)48-19-22-52-50-13-5-8-16-56(50)62(58(52)36-48)43-30-39-25-40(32-43)33-44(62)31-39/h1-23,34-44H,24-33H2. The maximum atomic E-state index is 2.72. The maximum Gasteiger partial charge on any atom is 0.0542 e. The van der Waals surface area contributed by atoms with Crippen LogP contribution in [0.3, 0.4) is 0 Å². The predicted molar refractivity (Wildman–Crippen MR) is 262 cm³/mol. The molecule has 8 saturated carbocycles. The number of rotatable bonds is 4. The summed E-state index contributed by atoms with van der Waals surface area (Å²) < 4.78 is 2.46. The van der Waals surface area contributed by atoms with Gasteiger partial charge in [0.2, 0.25) is 0 Å². The van der Waals surface area contributed by atoms with E-state index in [1.165, 1.54) is 131 Å². The molecular weight excluding hydrogens is 773 g/mol. The van der Waals surface area contributed by atoms with Gasteiger partial charge in [0.15, 0.2) is 0 Å². The van der Waals surface area contributed by atoms with Gasteiger partial charge in [-0.1, -0.05) is 97.1 Å². The minimum atomic E-state index is 0.109. The van der Waals surface area contributed by atoms with E-state index in [2.05, 4.69) is 167 Å². The molecule has 7 aromatic carbocycles. The zero-order chi connectivity index (χ0) is 41.5. The Morgan fingerprint density at radius 3 is 1.31 bits per heavy atom. The molecule has 10 aliphatic carbocycles. The van der Waals surface area contributed by atoms with Crippen molar-refractivity contribution in [2.45, 2.75) is 75.0 Å². The summed E-state index contributed by atoms with van der Waals surface area (Å²) in [6.45, 7) is 0. The Morgan fingerprint density at radius 1 is 0.344 bits per heavy atom. The molecule has 0 amide bonds. The molecule has 0 radical (unpaired) electrons. The van der Waals surface area contributed by atoms with Gasteiger partial charge in [-0.3, -0.25) is 0 Å². The summed E-state index contributed by atoms with van der Waals surface area (Å²) in [5.41, 5.74) is 20.3. The fraction of sp³-hybridized carbons (Fsp3) is 0.323. The van der Waals surface area contributed by atoms with Crippen LogP contribution in [0.2, 0.25) is 0 Å². The van der Waals surface area contributed by atoms with Crippen LogP contribution in [0.4, 0.5) is 17.1 Å². The zero-order valence-electron chi connectivity index (χ0n) is 36.6. The number of fused-ring (bicyclic) bond motifs is 9. The Kier molecular flexibility index (Phi) is 6.92. The second-order valence-corrected chi connectivity index (χ2v) is 22.1. The van der Waals surface area contributed by atoms with Crippen LogP contribution in [-0.4, -0.2) is 4.57 Å². The van der Waals surface area contributed by atoms with E-state index in [0.717, 1.165) is 47.3 Å². The van der Waals surface area contributed by atoms with Crippen molar-refractivity contribution in [2.75, 3.05) is 4.90 Å². The lowest BCUT2D eigenvalue weighted by molar-refractivity contribution is -0.0399. The van der Waals surface area contributed by atoms with Crippen molar-refractivity contribution >= 4 is 38.9 Å². The molecule has 0 aliphatic heterocycles. The topological polar surface area (TPSA) is 8.17 Å². The van der Waals surface area contributed by atoms with E-state index in [9.17, 15) is 0 Å². The number of nitrogens with zero attached hydrogens (tertiary/aromatic N) is 2. The Balaban J connectivity index is 0.942. The van der Waals surface area contributed by atoms with Crippen LogP contribution in [0.1, 0.15) is 86.5 Å². The molecule has 8 aromatic rings. The summed E-state index contributed by atoms with van der Waals surface area (Å²) in [4.78, 5) is 2.69. The number of hydrogen-bond donors (Lipinski definition) is 0. The minimum absolute atomic E-state index is 0.109. The lowest BCUT2D eigenvalue weighted by Crippen LogP contribution is -2.55. The lowest BCUT2D eigenvalue weighted by Gasteiger charge is -2.61. The van der Waals surface area contributed by atoms with Crippen LogP contribution in [-0.2, 0) is 10.8 Å². The molecule has 8 fully saturated rings. The highest BCUT2D eigenvalue weighted by Crippen LogP contribution is 2.71. The van der Waals surface area contributed by atoms with Crippen LogP contribution >= 0.6 is 0 Å². The Labute approximate surface area is 377 Å². The fourth-order valence-corrected chi connectivity index (χ4v) is 18.0. The molecular formula is C62H54N2. The molecule has 312 valence electrons. The second kappa shape index (κ2) is 12.5. The summed E-state index contributed by atoms with van der Waals surface area (Å²) in [6.07, 6.45) is 14.1. The predicted octanol–water partition coefficient (Wildman–Crippen LogP) is 15.7. The van der Waals surface area contributed by atoms with Crippen molar-refractivity contribution in [3.63, 3.8) is 0 Å². The first-order valence-electron chi connectivity index (χ1n) is 25.0. The average molecular weight is 827 g/mol. The van der Waals surface area contributed by atoms with Crippen LogP contribution in [0, 0.1) is 47.3 Å². The molecule has 18 rings (SSSR count). The summed E-state index contributed by atoms with van der Waals surface area (Å²) in [6, 6.07) is 62.1. The number of aromatic nitrogens is 1. The third-order valence-electron chi connectivity index (χ3n) is 19.5. The molecule has 0 atom stereocenters. The Hall–Kier alpha value is -5.86. The second-order valence-electron chi connectivity index (χ2n) is 22.1. The van der Waals surface area contributed by atoms with E-state index in [-0.39, 0.29) is 10.8 Å². The largest absolute Gasteiger partial charge is 0.310 e. The first-order chi connectivity index (χ1) is 31.6. The Morgan fingerprint density at radius 2 is 0.766 bits per heavy atom. The zero-order valence-corrected chi connectivity index (χ0v) is 36.6. The normalized spacial score (nSPS) is 31.6. The van der Waals surface area contributed by atoms with Crippen LogP contribution in [0.25, 0.3) is 49.7 Å². The first-order valence-corrected chi connectivity index (χ1v) is 25.0. The van der Waals surface area contributed by atoms with E-state index in [1.807, 2.05) is 0 Å². The number of hydrogen-bond acceptors (Lipinski definition) is 1. The maximum absolute atomic E-state index is 2.72. The van der Waals surface area contributed by atoms with Crippen molar-refractivity contribution in [1.29, 1.82) is 0 Å². The van der Waals surface area contributed by atoms with Crippen LogP contribution < -0.4 is 4.90 Å². The third kappa shape index (κ3) is 4.35. The minimum Gasteiger partial charge on any atom is -0.310 e. The quantitative estimate of drug-likeness (QED) is 0.172. The molecule has 8 bridgehead atoms. The molecule has 2 heteroatoms. The smallest absolute Gasteiger partial charge is 0.0542 e. The molecule has 0 unspecified atom stereocenters. The van der Waals surface area contributed by atoms with Gasteiger partial charge in [0.25, 0.3) is 0 Å². The SMILES string of the molecule is c1ccc(-n2c3ccccc3c3cc(N(c4ccc5c(c4)C4(c6ccccc6-5)C5CC6CC(C5)CC4C6)c4ccc5c(c4)C4(c6ccccc6-5)C5CC6CC(C5)CC4C6)ccc32)cc1. The highest BCUT2D eigenvalue weighted by molar-refractivity contribution is 6.10. The fourth-order valence-electron chi connectivity index (χ4n) is 18.0.